The van der Waals surface area contributed by atoms with Gasteiger partial charge in [0, 0.05) is 17.5 Å². The zero-order valence-electron chi connectivity index (χ0n) is 16.6. The molecule has 1 heterocycles. The molecule has 6 nitrogen and oxygen atoms in total. The van der Waals surface area contributed by atoms with Crippen LogP contribution in [0.5, 0.6) is 11.5 Å². The van der Waals surface area contributed by atoms with Crippen molar-refractivity contribution in [2.45, 2.75) is 26.3 Å². The number of ether oxygens (including phenoxy) is 2. The Morgan fingerprint density at radius 2 is 1.89 bits per heavy atom. The number of carbonyl (C=O) groups excluding carboxylic acids is 1. The average molecular weight is 379 g/mol. The van der Waals surface area contributed by atoms with E-state index in [9.17, 15) is 4.79 Å². The van der Waals surface area contributed by atoms with Gasteiger partial charge in [-0.25, -0.2) is 4.98 Å². The van der Waals surface area contributed by atoms with Crippen LogP contribution in [0.2, 0.25) is 0 Å². The summed E-state index contributed by atoms with van der Waals surface area (Å²) in [6.45, 7) is 4.03. The van der Waals surface area contributed by atoms with E-state index in [1.54, 1.807) is 26.4 Å². The third kappa shape index (κ3) is 4.17. The summed E-state index contributed by atoms with van der Waals surface area (Å²) in [5.41, 5.74) is 2.06. The lowest BCUT2D eigenvalue weighted by atomic mass is 10.1. The number of para-hydroxylation sites is 1. The highest BCUT2D eigenvalue weighted by atomic mass is 16.5. The van der Waals surface area contributed by atoms with Crippen molar-refractivity contribution >= 4 is 28.3 Å². The Kier molecular flexibility index (Phi) is 5.99. The molecular formula is C22H25N3O3. The van der Waals surface area contributed by atoms with Crippen molar-refractivity contribution in [3.05, 3.63) is 54.1 Å². The van der Waals surface area contributed by atoms with E-state index in [2.05, 4.69) is 15.6 Å². The van der Waals surface area contributed by atoms with Crippen molar-refractivity contribution in [1.29, 1.82) is 0 Å². The van der Waals surface area contributed by atoms with Crippen molar-refractivity contribution in [3.8, 4) is 11.5 Å². The summed E-state index contributed by atoms with van der Waals surface area (Å²) in [7, 11) is 3.20. The second-order valence-corrected chi connectivity index (χ2v) is 6.55. The highest BCUT2D eigenvalue weighted by Gasteiger charge is 2.15. The molecule has 0 aliphatic heterocycles. The predicted molar refractivity (Wildman–Crippen MR) is 112 cm³/mol. The Bertz CT molecular complexity index is 988. The molecule has 3 rings (SSSR count). The molecule has 6 heteroatoms. The maximum absolute atomic E-state index is 12.8. The van der Waals surface area contributed by atoms with Crippen LogP contribution in [0.3, 0.4) is 0 Å². The fourth-order valence-corrected chi connectivity index (χ4v) is 2.87. The van der Waals surface area contributed by atoms with Crippen molar-refractivity contribution in [3.63, 3.8) is 0 Å². The minimum Gasteiger partial charge on any atom is -0.497 e. The number of aromatic nitrogens is 1. The monoisotopic (exact) mass is 379 g/mol. The van der Waals surface area contributed by atoms with E-state index in [-0.39, 0.29) is 11.9 Å². The van der Waals surface area contributed by atoms with Crippen LogP contribution in [0, 0.1) is 0 Å². The van der Waals surface area contributed by atoms with Crippen molar-refractivity contribution in [1.82, 2.24) is 10.3 Å². The summed E-state index contributed by atoms with van der Waals surface area (Å²) < 4.78 is 10.7. The van der Waals surface area contributed by atoms with Gasteiger partial charge in [0.15, 0.2) is 0 Å². The number of benzene rings is 2. The lowest BCUT2D eigenvalue weighted by molar-refractivity contribution is 0.0941. The molecule has 1 unspecified atom stereocenters. The topological polar surface area (TPSA) is 72.5 Å². The number of amides is 1. The van der Waals surface area contributed by atoms with Gasteiger partial charge >= 0.3 is 0 Å². The number of rotatable bonds is 7. The fourth-order valence-electron chi connectivity index (χ4n) is 2.87. The molecule has 0 saturated heterocycles. The first-order chi connectivity index (χ1) is 13.5. The van der Waals surface area contributed by atoms with Crippen LogP contribution in [-0.4, -0.2) is 31.2 Å². The lowest BCUT2D eigenvalue weighted by Gasteiger charge is -2.16. The molecule has 2 aromatic carbocycles. The number of methoxy groups -OCH3 is 2. The van der Waals surface area contributed by atoms with E-state index < -0.39 is 0 Å². The van der Waals surface area contributed by atoms with E-state index in [4.69, 9.17) is 9.47 Å². The van der Waals surface area contributed by atoms with Crippen LogP contribution < -0.4 is 20.1 Å². The summed E-state index contributed by atoms with van der Waals surface area (Å²) in [6.07, 6.45) is 0.864. The van der Waals surface area contributed by atoms with Crippen LogP contribution in [-0.2, 0) is 0 Å². The minimum atomic E-state index is -0.113. The predicted octanol–water partition coefficient (Wildman–Crippen LogP) is 4.52. The Labute approximate surface area is 164 Å². The number of nitrogens with one attached hydrogen (secondary N) is 2. The second-order valence-electron chi connectivity index (χ2n) is 6.55. The Morgan fingerprint density at radius 3 is 2.61 bits per heavy atom. The summed E-state index contributed by atoms with van der Waals surface area (Å²) in [4.78, 5) is 17.5. The number of hydrogen-bond donors (Lipinski definition) is 2. The lowest BCUT2D eigenvalue weighted by Crippen LogP contribution is -2.32. The van der Waals surface area contributed by atoms with Gasteiger partial charge in [-0.05, 0) is 37.6 Å². The summed E-state index contributed by atoms with van der Waals surface area (Å²) in [5.74, 6) is 1.77. The molecule has 3 aromatic rings. The maximum atomic E-state index is 12.8. The van der Waals surface area contributed by atoms with Gasteiger partial charge in [-0.3, -0.25) is 4.79 Å². The van der Waals surface area contributed by atoms with Crippen LogP contribution in [0.15, 0.2) is 48.5 Å². The molecule has 1 aromatic heterocycles. The molecule has 0 bridgehead atoms. The van der Waals surface area contributed by atoms with Crippen LogP contribution in [0.1, 0.15) is 30.6 Å². The molecule has 0 radical (unpaired) electrons. The normalized spacial score (nSPS) is 11.7. The molecule has 0 aliphatic carbocycles. The standard InChI is InChI=1S/C22H25N3O3/c1-5-14(2)23-22(26)17-13-21(24-18-9-7-6-8-16(17)18)25-19-11-10-15(27-3)12-20(19)28-4/h6-14H,5H2,1-4H3,(H,23,26)(H,24,25). The number of anilines is 2. The molecule has 146 valence electrons. The first-order valence-electron chi connectivity index (χ1n) is 9.25. The van der Waals surface area contributed by atoms with Crippen LogP contribution in [0.4, 0.5) is 11.5 Å². The smallest absolute Gasteiger partial charge is 0.252 e. The molecule has 1 atom stereocenters. The van der Waals surface area contributed by atoms with Gasteiger partial charge in [-0.15, -0.1) is 0 Å². The van der Waals surface area contributed by atoms with Crippen molar-refractivity contribution < 1.29 is 14.3 Å². The molecule has 0 saturated carbocycles. The second kappa shape index (κ2) is 8.61. The van der Waals surface area contributed by atoms with E-state index in [1.165, 1.54) is 0 Å². The molecule has 0 spiro atoms. The largest absolute Gasteiger partial charge is 0.497 e. The number of hydrogen-bond acceptors (Lipinski definition) is 5. The molecule has 0 aliphatic rings. The zero-order chi connectivity index (χ0) is 20.1. The molecule has 0 fully saturated rings. The number of fused-ring (bicyclic) bond motifs is 1. The van der Waals surface area contributed by atoms with E-state index >= 15 is 0 Å². The van der Waals surface area contributed by atoms with Gasteiger partial charge in [0.25, 0.3) is 5.91 Å². The van der Waals surface area contributed by atoms with Gasteiger partial charge < -0.3 is 20.1 Å². The van der Waals surface area contributed by atoms with E-state index in [0.29, 0.717) is 22.9 Å². The number of carbonyl (C=O) groups is 1. The molecule has 28 heavy (non-hydrogen) atoms. The SMILES string of the molecule is CCC(C)NC(=O)c1cc(Nc2ccc(OC)cc2OC)nc2ccccc12. The number of nitrogens with zero attached hydrogens (tertiary/aromatic N) is 1. The Balaban J connectivity index is 2.02. The molecule has 2 N–H and O–H groups in total. The highest BCUT2D eigenvalue weighted by Crippen LogP contribution is 2.32. The fraction of sp³-hybridized carbons (Fsp3) is 0.273. The zero-order valence-corrected chi connectivity index (χ0v) is 16.6. The highest BCUT2D eigenvalue weighted by molar-refractivity contribution is 6.07. The number of pyridine rings is 1. The molecular weight excluding hydrogens is 354 g/mol. The Hall–Kier alpha value is -3.28. The maximum Gasteiger partial charge on any atom is 0.252 e. The third-order valence-electron chi connectivity index (χ3n) is 4.62. The van der Waals surface area contributed by atoms with Gasteiger partial charge in [-0.2, -0.15) is 0 Å². The Morgan fingerprint density at radius 1 is 1.11 bits per heavy atom. The van der Waals surface area contributed by atoms with Crippen LogP contribution in [0.25, 0.3) is 10.9 Å². The summed E-state index contributed by atoms with van der Waals surface area (Å²) in [5, 5.41) is 7.10. The first kappa shape index (κ1) is 19.5. The van der Waals surface area contributed by atoms with Gasteiger partial charge in [0.2, 0.25) is 0 Å². The van der Waals surface area contributed by atoms with E-state index in [0.717, 1.165) is 23.0 Å². The average Bonchev–Trinajstić information content (AvgIpc) is 2.73. The third-order valence-corrected chi connectivity index (χ3v) is 4.62. The van der Waals surface area contributed by atoms with Gasteiger partial charge in [0.05, 0.1) is 31.0 Å². The van der Waals surface area contributed by atoms with Crippen molar-refractivity contribution in [2.24, 2.45) is 0 Å². The first-order valence-corrected chi connectivity index (χ1v) is 9.25. The quantitative estimate of drug-likeness (QED) is 0.631. The van der Waals surface area contributed by atoms with Gasteiger partial charge in [0.1, 0.15) is 17.3 Å². The van der Waals surface area contributed by atoms with Crippen LogP contribution >= 0.6 is 0 Å². The summed E-state index contributed by atoms with van der Waals surface area (Å²) in [6, 6.07) is 15.0. The minimum absolute atomic E-state index is 0.0949. The molecule has 1 amide bonds. The van der Waals surface area contributed by atoms with Gasteiger partial charge in [-0.1, -0.05) is 25.1 Å². The summed E-state index contributed by atoms with van der Waals surface area (Å²) >= 11 is 0. The van der Waals surface area contributed by atoms with E-state index in [1.807, 2.05) is 50.2 Å². The van der Waals surface area contributed by atoms with Crippen molar-refractivity contribution in [2.75, 3.05) is 19.5 Å².